The van der Waals surface area contributed by atoms with E-state index >= 15 is 0 Å². The highest BCUT2D eigenvalue weighted by Crippen LogP contribution is 2.10. The second-order valence-corrected chi connectivity index (χ2v) is 5.26. The molecule has 1 rings (SSSR count). The number of thioether (sulfide) groups is 1. The molecule has 1 heterocycles. The highest BCUT2D eigenvalue weighted by atomic mass is 32.2. The van der Waals surface area contributed by atoms with Gasteiger partial charge >= 0.3 is 0 Å². The molecule has 0 saturated carbocycles. The average molecular weight is 218 g/mol. The lowest BCUT2D eigenvalue weighted by Crippen LogP contribution is -2.30. The Hall–Kier alpha value is 0.200. The summed E-state index contributed by atoms with van der Waals surface area (Å²) in [6.07, 6.45) is 5.38. The minimum Gasteiger partial charge on any atom is -0.385 e. The Bertz CT molecular complexity index is 156. The van der Waals surface area contributed by atoms with Crippen LogP contribution in [0.5, 0.6) is 0 Å². The molecule has 0 aromatic carbocycles. The number of likely N-dealkylation sites (tertiary alicyclic amines) is 1. The number of hydrogen-bond donors (Lipinski definition) is 1. The second-order valence-electron chi connectivity index (χ2n) is 3.42. The summed E-state index contributed by atoms with van der Waals surface area (Å²) in [5, 5.41) is 0. The molecule has 0 radical (unpaired) electrons. The first kappa shape index (κ1) is 11.3. The number of hydrogen-bond acceptors (Lipinski definition) is 3. The van der Waals surface area contributed by atoms with Crippen molar-refractivity contribution in [3.8, 4) is 0 Å². The molecule has 1 saturated heterocycles. The van der Waals surface area contributed by atoms with E-state index in [1.807, 2.05) is 0 Å². The first-order valence-electron chi connectivity index (χ1n) is 4.93. The second kappa shape index (κ2) is 6.62. The number of nitrogens with zero attached hydrogens (tertiary/aromatic N) is 1. The summed E-state index contributed by atoms with van der Waals surface area (Å²) in [7, 11) is 0. The third-order valence-electron chi connectivity index (χ3n) is 2.31. The van der Waals surface area contributed by atoms with Crippen molar-refractivity contribution in [3.05, 3.63) is 0 Å². The van der Waals surface area contributed by atoms with Crippen LogP contribution in [0.15, 0.2) is 0 Å². The summed E-state index contributed by atoms with van der Waals surface area (Å²) in [6.45, 7) is 3.80. The van der Waals surface area contributed by atoms with Crippen molar-refractivity contribution >= 4 is 28.3 Å². The largest absolute Gasteiger partial charge is 0.385 e. The molecule has 0 aliphatic carbocycles. The molecule has 76 valence electrons. The molecular formula is C9H18N2S2. The predicted octanol–water partition coefficient (Wildman–Crippen LogP) is 1.84. The van der Waals surface area contributed by atoms with Gasteiger partial charge in [-0.25, -0.2) is 0 Å². The monoisotopic (exact) mass is 218 g/mol. The van der Waals surface area contributed by atoms with Crippen molar-refractivity contribution in [3.63, 3.8) is 0 Å². The zero-order valence-corrected chi connectivity index (χ0v) is 9.63. The number of nitrogens with two attached hydrogens (primary N) is 1. The Balaban J connectivity index is 1.95. The van der Waals surface area contributed by atoms with Crippen LogP contribution in [-0.2, 0) is 0 Å². The fourth-order valence-electron chi connectivity index (χ4n) is 1.64. The van der Waals surface area contributed by atoms with Crippen LogP contribution < -0.4 is 5.73 Å². The molecule has 0 unspecified atom stereocenters. The van der Waals surface area contributed by atoms with Gasteiger partial charge in [-0.1, -0.05) is 30.4 Å². The zero-order valence-electron chi connectivity index (χ0n) is 8.00. The van der Waals surface area contributed by atoms with Crippen LogP contribution >= 0.6 is 24.0 Å². The van der Waals surface area contributed by atoms with Crippen molar-refractivity contribution < 1.29 is 0 Å². The highest BCUT2D eigenvalue weighted by Gasteiger charge is 2.08. The summed E-state index contributed by atoms with van der Waals surface area (Å²) in [5.41, 5.74) is 5.39. The van der Waals surface area contributed by atoms with Gasteiger partial charge < -0.3 is 10.6 Å². The predicted molar refractivity (Wildman–Crippen MR) is 64.2 cm³/mol. The molecule has 0 spiro atoms. The highest BCUT2D eigenvalue weighted by molar-refractivity contribution is 8.22. The molecule has 1 aliphatic rings. The summed E-state index contributed by atoms with van der Waals surface area (Å²) in [6, 6.07) is 0. The van der Waals surface area contributed by atoms with Crippen LogP contribution in [0.3, 0.4) is 0 Å². The molecule has 1 fully saturated rings. The average Bonchev–Trinajstić information content (AvgIpc) is 2.14. The van der Waals surface area contributed by atoms with E-state index in [1.54, 1.807) is 11.8 Å². The summed E-state index contributed by atoms with van der Waals surface area (Å²) in [5.74, 6) is 1.08. The Morgan fingerprint density at radius 3 is 2.62 bits per heavy atom. The van der Waals surface area contributed by atoms with Gasteiger partial charge in [0.05, 0.1) is 0 Å². The van der Waals surface area contributed by atoms with Gasteiger partial charge in [-0.3, -0.25) is 0 Å². The van der Waals surface area contributed by atoms with Crippen molar-refractivity contribution in [2.75, 3.05) is 25.4 Å². The van der Waals surface area contributed by atoms with Crippen LogP contribution in [0.1, 0.15) is 25.7 Å². The maximum absolute atomic E-state index is 5.39. The van der Waals surface area contributed by atoms with E-state index in [2.05, 4.69) is 4.90 Å². The van der Waals surface area contributed by atoms with Gasteiger partial charge in [0, 0.05) is 5.75 Å². The van der Waals surface area contributed by atoms with Crippen LogP contribution in [0.2, 0.25) is 0 Å². The van der Waals surface area contributed by atoms with E-state index in [0.717, 1.165) is 5.75 Å². The minimum atomic E-state index is 0.582. The molecular weight excluding hydrogens is 200 g/mol. The van der Waals surface area contributed by atoms with Gasteiger partial charge in [0.2, 0.25) is 0 Å². The van der Waals surface area contributed by atoms with Gasteiger partial charge in [0.15, 0.2) is 0 Å². The van der Waals surface area contributed by atoms with E-state index in [4.69, 9.17) is 18.0 Å². The van der Waals surface area contributed by atoms with Crippen LogP contribution in [-0.4, -0.2) is 34.6 Å². The first-order valence-corrected chi connectivity index (χ1v) is 6.33. The Morgan fingerprint density at radius 2 is 2.00 bits per heavy atom. The molecule has 13 heavy (non-hydrogen) atoms. The first-order chi connectivity index (χ1) is 6.29. The minimum absolute atomic E-state index is 0.582. The molecule has 0 atom stereocenters. The summed E-state index contributed by atoms with van der Waals surface area (Å²) >= 11 is 6.39. The Morgan fingerprint density at radius 1 is 1.31 bits per heavy atom. The maximum Gasteiger partial charge on any atom is 0.131 e. The number of piperidine rings is 1. The van der Waals surface area contributed by atoms with Crippen molar-refractivity contribution in [2.45, 2.75) is 25.7 Å². The molecule has 0 amide bonds. The lowest BCUT2D eigenvalue weighted by Gasteiger charge is -2.26. The van der Waals surface area contributed by atoms with Gasteiger partial charge in [-0.05, 0) is 38.9 Å². The Kier molecular flexibility index (Phi) is 5.75. The Labute approximate surface area is 90.2 Å². The van der Waals surface area contributed by atoms with Crippen molar-refractivity contribution in [2.24, 2.45) is 5.73 Å². The molecule has 0 aromatic heterocycles. The van der Waals surface area contributed by atoms with Crippen LogP contribution in [0.25, 0.3) is 0 Å². The summed E-state index contributed by atoms with van der Waals surface area (Å²) in [4.78, 5) is 2.55. The lowest BCUT2D eigenvalue weighted by molar-refractivity contribution is 0.230. The van der Waals surface area contributed by atoms with Gasteiger partial charge in [0.1, 0.15) is 4.32 Å². The van der Waals surface area contributed by atoms with Gasteiger partial charge in [0.25, 0.3) is 0 Å². The van der Waals surface area contributed by atoms with Gasteiger partial charge in [-0.2, -0.15) is 0 Å². The van der Waals surface area contributed by atoms with E-state index in [1.165, 1.54) is 45.3 Å². The molecule has 0 bridgehead atoms. The topological polar surface area (TPSA) is 29.3 Å². The van der Waals surface area contributed by atoms with E-state index in [-0.39, 0.29) is 0 Å². The third-order valence-corrected chi connectivity index (χ3v) is 3.44. The molecule has 1 aliphatic heterocycles. The third kappa shape index (κ3) is 5.49. The molecule has 2 nitrogen and oxygen atoms in total. The van der Waals surface area contributed by atoms with Crippen LogP contribution in [0.4, 0.5) is 0 Å². The van der Waals surface area contributed by atoms with Gasteiger partial charge in [-0.15, -0.1) is 0 Å². The van der Waals surface area contributed by atoms with Crippen LogP contribution in [0, 0.1) is 0 Å². The fourth-order valence-corrected chi connectivity index (χ4v) is 2.37. The van der Waals surface area contributed by atoms with Crippen molar-refractivity contribution in [1.29, 1.82) is 0 Å². The normalized spacial score (nSPS) is 18.8. The van der Waals surface area contributed by atoms with E-state index < -0.39 is 0 Å². The molecule has 2 N–H and O–H groups in total. The SMILES string of the molecule is NC(=S)SCCCN1CCCCC1. The quantitative estimate of drug-likeness (QED) is 0.576. The zero-order chi connectivity index (χ0) is 9.52. The maximum atomic E-state index is 5.39. The number of thiocarbonyl (C=S) groups is 1. The molecule has 0 aromatic rings. The van der Waals surface area contributed by atoms with Crippen molar-refractivity contribution in [1.82, 2.24) is 4.90 Å². The van der Waals surface area contributed by atoms with E-state index in [0.29, 0.717) is 4.32 Å². The van der Waals surface area contributed by atoms with E-state index in [9.17, 15) is 0 Å². The summed E-state index contributed by atoms with van der Waals surface area (Å²) < 4.78 is 0.582. The standard InChI is InChI=1S/C9H18N2S2/c10-9(12)13-8-4-7-11-5-2-1-3-6-11/h1-8H2,(H2,10,12). The number of rotatable bonds is 4. The smallest absolute Gasteiger partial charge is 0.131 e. The lowest BCUT2D eigenvalue weighted by atomic mass is 10.1. The molecule has 4 heteroatoms. The fraction of sp³-hybridized carbons (Fsp3) is 0.889.